The van der Waals surface area contributed by atoms with Crippen molar-refractivity contribution >= 4 is 0 Å². The van der Waals surface area contributed by atoms with E-state index in [2.05, 4.69) is 4.90 Å². The first kappa shape index (κ1) is 9.21. The minimum absolute atomic E-state index is 0.995. The van der Waals surface area contributed by atoms with E-state index in [1.807, 2.05) is 0 Å². The van der Waals surface area contributed by atoms with E-state index >= 15 is 0 Å². The van der Waals surface area contributed by atoms with Gasteiger partial charge in [0.25, 0.3) is 0 Å². The maximum atomic E-state index is 2.89. The fourth-order valence-electron chi connectivity index (χ4n) is 4.15. The Morgan fingerprint density at radius 3 is 2.64 bits per heavy atom. The summed E-state index contributed by atoms with van der Waals surface area (Å²) in [6.07, 6.45) is 13.6. The molecule has 2 aliphatic heterocycles. The zero-order chi connectivity index (χ0) is 9.38. The molecule has 0 aromatic carbocycles. The van der Waals surface area contributed by atoms with E-state index in [1.54, 1.807) is 6.42 Å². The first-order valence-electron chi connectivity index (χ1n) is 6.71. The van der Waals surface area contributed by atoms with Crippen molar-refractivity contribution < 1.29 is 0 Å². The molecular weight excluding hydrogens is 170 g/mol. The van der Waals surface area contributed by atoms with Crippen molar-refractivity contribution in [2.45, 2.75) is 69.9 Å². The average Bonchev–Trinajstić information content (AvgIpc) is 2.55. The second-order valence-corrected chi connectivity index (χ2v) is 5.58. The van der Waals surface area contributed by atoms with Gasteiger partial charge in [0, 0.05) is 12.1 Å². The molecule has 0 bridgehead atoms. The Labute approximate surface area is 87.9 Å². The minimum atomic E-state index is 0.995. The SMILES string of the molecule is C1CCC2CCC3CCCN3C2CC1. The Kier molecular flexibility index (Phi) is 2.53. The maximum Gasteiger partial charge on any atom is 0.0126 e. The molecule has 1 nitrogen and oxygen atoms in total. The van der Waals surface area contributed by atoms with Crippen molar-refractivity contribution in [3.63, 3.8) is 0 Å². The van der Waals surface area contributed by atoms with Crippen LogP contribution in [0.15, 0.2) is 0 Å². The Hall–Kier alpha value is -0.0400. The Balaban J connectivity index is 1.76. The summed E-state index contributed by atoms with van der Waals surface area (Å²) in [5.41, 5.74) is 0. The third kappa shape index (κ3) is 1.50. The van der Waals surface area contributed by atoms with E-state index < -0.39 is 0 Å². The van der Waals surface area contributed by atoms with Gasteiger partial charge in [-0.05, 0) is 51.0 Å². The topological polar surface area (TPSA) is 3.24 Å². The number of hydrogen-bond donors (Lipinski definition) is 0. The lowest BCUT2D eigenvalue weighted by molar-refractivity contribution is 0.0658. The molecule has 2 heterocycles. The first-order valence-corrected chi connectivity index (χ1v) is 6.71. The molecule has 3 atom stereocenters. The van der Waals surface area contributed by atoms with Crippen LogP contribution in [0.2, 0.25) is 0 Å². The van der Waals surface area contributed by atoms with Gasteiger partial charge < -0.3 is 0 Å². The van der Waals surface area contributed by atoms with Gasteiger partial charge >= 0.3 is 0 Å². The molecule has 3 rings (SSSR count). The smallest absolute Gasteiger partial charge is 0.0126 e. The summed E-state index contributed by atoms with van der Waals surface area (Å²) in [5.74, 6) is 1.08. The lowest BCUT2D eigenvalue weighted by Crippen LogP contribution is -2.47. The fourth-order valence-corrected chi connectivity index (χ4v) is 4.15. The molecule has 0 aromatic rings. The highest BCUT2D eigenvalue weighted by Crippen LogP contribution is 2.40. The molecule has 80 valence electrons. The van der Waals surface area contributed by atoms with Crippen molar-refractivity contribution in [1.82, 2.24) is 4.90 Å². The normalized spacial score (nSPS) is 44.1. The zero-order valence-corrected chi connectivity index (χ0v) is 9.25. The Bertz CT molecular complexity index is 201. The predicted octanol–water partition coefficient (Wildman–Crippen LogP) is 3.19. The molecular formula is C13H23N. The molecule has 3 fully saturated rings. The number of piperidine rings is 1. The lowest BCUT2D eigenvalue weighted by Gasteiger charge is -2.42. The van der Waals surface area contributed by atoms with Crippen LogP contribution < -0.4 is 0 Å². The molecule has 2 saturated heterocycles. The highest BCUT2D eigenvalue weighted by molar-refractivity contribution is 4.94. The van der Waals surface area contributed by atoms with Gasteiger partial charge in [-0.15, -0.1) is 0 Å². The second-order valence-electron chi connectivity index (χ2n) is 5.58. The number of nitrogens with zero attached hydrogens (tertiary/aromatic N) is 1. The van der Waals surface area contributed by atoms with E-state index in [1.165, 1.54) is 57.9 Å². The lowest BCUT2D eigenvalue weighted by atomic mass is 9.83. The molecule has 1 heteroatoms. The molecule has 14 heavy (non-hydrogen) atoms. The summed E-state index contributed by atoms with van der Waals surface area (Å²) in [4.78, 5) is 2.89. The van der Waals surface area contributed by atoms with E-state index in [4.69, 9.17) is 0 Å². The van der Waals surface area contributed by atoms with Crippen LogP contribution in [0.1, 0.15) is 57.8 Å². The molecule has 1 aliphatic carbocycles. The van der Waals surface area contributed by atoms with Crippen molar-refractivity contribution in [2.75, 3.05) is 6.54 Å². The van der Waals surface area contributed by atoms with Crippen molar-refractivity contribution in [2.24, 2.45) is 5.92 Å². The van der Waals surface area contributed by atoms with Crippen LogP contribution in [0.25, 0.3) is 0 Å². The number of rotatable bonds is 0. The van der Waals surface area contributed by atoms with Crippen LogP contribution in [0.3, 0.4) is 0 Å². The molecule has 3 unspecified atom stereocenters. The fraction of sp³-hybridized carbons (Fsp3) is 1.00. The molecule has 0 aromatic heterocycles. The highest BCUT2D eigenvalue weighted by Gasteiger charge is 2.39. The molecule has 0 N–H and O–H groups in total. The number of hydrogen-bond acceptors (Lipinski definition) is 1. The second kappa shape index (κ2) is 3.84. The average molecular weight is 193 g/mol. The van der Waals surface area contributed by atoms with E-state index in [0.717, 1.165) is 18.0 Å². The molecule has 1 saturated carbocycles. The van der Waals surface area contributed by atoms with Crippen LogP contribution >= 0.6 is 0 Å². The van der Waals surface area contributed by atoms with Crippen LogP contribution in [0, 0.1) is 5.92 Å². The summed E-state index contributed by atoms with van der Waals surface area (Å²) in [6.45, 7) is 1.42. The van der Waals surface area contributed by atoms with Gasteiger partial charge in [-0.3, -0.25) is 4.90 Å². The van der Waals surface area contributed by atoms with Gasteiger partial charge in [-0.25, -0.2) is 0 Å². The van der Waals surface area contributed by atoms with Crippen LogP contribution in [-0.4, -0.2) is 23.5 Å². The monoisotopic (exact) mass is 193 g/mol. The Morgan fingerprint density at radius 2 is 1.64 bits per heavy atom. The van der Waals surface area contributed by atoms with Gasteiger partial charge in [0.05, 0.1) is 0 Å². The van der Waals surface area contributed by atoms with Crippen molar-refractivity contribution in [3.05, 3.63) is 0 Å². The zero-order valence-electron chi connectivity index (χ0n) is 9.25. The molecule has 0 radical (unpaired) electrons. The van der Waals surface area contributed by atoms with Gasteiger partial charge in [0.15, 0.2) is 0 Å². The summed E-state index contributed by atoms with van der Waals surface area (Å²) in [6, 6.07) is 1.99. The standard InChI is InChI=1S/C13H23N/c1-2-5-11-8-9-12-6-4-10-14(12)13(11)7-3-1/h11-13H,1-10H2. The molecule has 0 amide bonds. The first-order chi connectivity index (χ1) is 6.95. The molecule has 3 aliphatic rings. The Morgan fingerprint density at radius 1 is 0.714 bits per heavy atom. The summed E-state index contributed by atoms with van der Waals surface area (Å²) >= 11 is 0. The third-order valence-corrected chi connectivity index (χ3v) is 4.84. The maximum absolute atomic E-state index is 2.89. The summed E-state index contributed by atoms with van der Waals surface area (Å²) in [5, 5.41) is 0. The van der Waals surface area contributed by atoms with Gasteiger partial charge in [0.2, 0.25) is 0 Å². The van der Waals surface area contributed by atoms with Gasteiger partial charge in [-0.2, -0.15) is 0 Å². The minimum Gasteiger partial charge on any atom is -0.297 e. The predicted molar refractivity (Wildman–Crippen MR) is 59.3 cm³/mol. The van der Waals surface area contributed by atoms with E-state index in [0.29, 0.717) is 0 Å². The van der Waals surface area contributed by atoms with Crippen molar-refractivity contribution in [1.29, 1.82) is 0 Å². The molecule has 0 spiro atoms. The largest absolute Gasteiger partial charge is 0.297 e. The summed E-state index contributed by atoms with van der Waals surface area (Å²) < 4.78 is 0. The van der Waals surface area contributed by atoms with Gasteiger partial charge in [0.1, 0.15) is 0 Å². The van der Waals surface area contributed by atoms with Crippen molar-refractivity contribution in [3.8, 4) is 0 Å². The van der Waals surface area contributed by atoms with Crippen LogP contribution in [0.5, 0.6) is 0 Å². The van der Waals surface area contributed by atoms with E-state index in [-0.39, 0.29) is 0 Å². The van der Waals surface area contributed by atoms with E-state index in [9.17, 15) is 0 Å². The van der Waals surface area contributed by atoms with Crippen LogP contribution in [-0.2, 0) is 0 Å². The van der Waals surface area contributed by atoms with Crippen LogP contribution in [0.4, 0.5) is 0 Å². The quantitative estimate of drug-likeness (QED) is 0.571. The highest BCUT2D eigenvalue weighted by atomic mass is 15.2. The number of fused-ring (bicyclic) bond motifs is 3. The third-order valence-electron chi connectivity index (χ3n) is 4.84. The van der Waals surface area contributed by atoms with Gasteiger partial charge in [-0.1, -0.05) is 19.3 Å². The summed E-state index contributed by atoms with van der Waals surface area (Å²) in [7, 11) is 0.